The fraction of sp³-hybridized carbons (Fsp3) is 0.235. The van der Waals surface area contributed by atoms with E-state index in [9.17, 15) is 9.90 Å². The third-order valence-electron chi connectivity index (χ3n) is 3.99. The summed E-state index contributed by atoms with van der Waals surface area (Å²) in [5.74, 6) is -1.05. The van der Waals surface area contributed by atoms with Gasteiger partial charge in [0, 0.05) is 12.0 Å². The molecule has 4 N–H and O–H groups in total. The zero-order chi connectivity index (χ0) is 17.3. The van der Waals surface area contributed by atoms with E-state index < -0.39 is 5.97 Å². The van der Waals surface area contributed by atoms with Gasteiger partial charge in [-0.15, -0.1) is 5.10 Å². The van der Waals surface area contributed by atoms with Crippen LogP contribution in [0.5, 0.6) is 0 Å². The molecule has 0 aliphatic heterocycles. The van der Waals surface area contributed by atoms with Crippen LogP contribution in [0.3, 0.4) is 0 Å². The first-order valence-electron chi connectivity index (χ1n) is 7.56. The summed E-state index contributed by atoms with van der Waals surface area (Å²) in [4.78, 5) is 15.7. The van der Waals surface area contributed by atoms with Crippen LogP contribution in [-0.2, 0) is 5.41 Å². The molecule has 0 amide bonds. The van der Waals surface area contributed by atoms with Crippen LogP contribution >= 0.6 is 0 Å². The largest absolute Gasteiger partial charge is 0.476 e. The van der Waals surface area contributed by atoms with E-state index in [1.807, 2.05) is 18.2 Å². The van der Waals surface area contributed by atoms with Gasteiger partial charge in [-0.3, -0.25) is 0 Å². The van der Waals surface area contributed by atoms with Crippen molar-refractivity contribution in [3.8, 4) is 0 Å². The topological polar surface area (TPSA) is 106 Å². The first kappa shape index (κ1) is 15.8. The Hall–Kier alpha value is -3.09. The normalized spacial score (nSPS) is 11.6. The van der Waals surface area contributed by atoms with Crippen molar-refractivity contribution in [2.45, 2.75) is 19.3 Å². The summed E-state index contributed by atoms with van der Waals surface area (Å²) in [7, 11) is 0. The van der Waals surface area contributed by atoms with Crippen molar-refractivity contribution in [2.75, 3.05) is 17.6 Å². The van der Waals surface area contributed by atoms with Crippen LogP contribution in [0.2, 0.25) is 0 Å². The minimum Gasteiger partial charge on any atom is -0.476 e. The number of hydrogen-bond donors (Lipinski definition) is 3. The van der Waals surface area contributed by atoms with Gasteiger partial charge in [0.05, 0.1) is 5.69 Å². The Balaban J connectivity index is 1.93. The number of carboxylic acids is 1. The summed E-state index contributed by atoms with van der Waals surface area (Å²) in [6.07, 6.45) is 0. The molecule has 3 aromatic rings. The number of benzene rings is 1. The highest BCUT2D eigenvalue weighted by Crippen LogP contribution is 2.25. The number of nitrogens with two attached hydrogens (primary N) is 1. The van der Waals surface area contributed by atoms with E-state index in [1.165, 1.54) is 10.1 Å². The number of nitrogens with zero attached hydrogens (tertiary/aromatic N) is 3. The van der Waals surface area contributed by atoms with Gasteiger partial charge in [-0.25, -0.2) is 9.31 Å². The van der Waals surface area contributed by atoms with E-state index in [4.69, 9.17) is 5.73 Å². The van der Waals surface area contributed by atoms with Crippen LogP contribution < -0.4 is 11.1 Å². The summed E-state index contributed by atoms with van der Waals surface area (Å²) in [6.45, 7) is 4.76. The highest BCUT2D eigenvalue weighted by molar-refractivity contribution is 5.93. The maximum atomic E-state index is 11.7. The second-order valence-corrected chi connectivity index (χ2v) is 6.24. The number of nitrogen functional groups attached to an aromatic ring is 1. The van der Waals surface area contributed by atoms with Gasteiger partial charge in [0.25, 0.3) is 0 Å². The molecule has 0 spiro atoms. The molecule has 0 saturated heterocycles. The Morgan fingerprint density at radius 1 is 1.25 bits per heavy atom. The van der Waals surface area contributed by atoms with Crippen molar-refractivity contribution >= 4 is 23.3 Å². The number of carboxylic acid groups (broad SMARTS) is 1. The number of aromatic nitrogens is 3. The van der Waals surface area contributed by atoms with Crippen molar-refractivity contribution in [1.29, 1.82) is 0 Å². The zero-order valence-corrected chi connectivity index (χ0v) is 13.5. The third kappa shape index (κ3) is 2.88. The SMILES string of the molecule is CC(C)(CNc1ccc2nc(N)nn2c1C(=O)O)c1ccccc1. The monoisotopic (exact) mass is 325 g/mol. The Labute approximate surface area is 139 Å². The number of nitrogens with one attached hydrogen (secondary N) is 1. The lowest BCUT2D eigenvalue weighted by atomic mass is 9.84. The molecule has 0 aliphatic carbocycles. The van der Waals surface area contributed by atoms with E-state index >= 15 is 0 Å². The lowest BCUT2D eigenvalue weighted by Gasteiger charge is -2.26. The Morgan fingerprint density at radius 3 is 2.62 bits per heavy atom. The molecule has 2 aromatic heterocycles. The van der Waals surface area contributed by atoms with Gasteiger partial charge in [0.15, 0.2) is 11.3 Å². The number of fused-ring (bicyclic) bond motifs is 1. The third-order valence-corrected chi connectivity index (χ3v) is 3.99. The van der Waals surface area contributed by atoms with Crippen LogP contribution in [-0.4, -0.2) is 32.2 Å². The van der Waals surface area contributed by atoms with Crippen molar-refractivity contribution < 1.29 is 9.90 Å². The molecule has 0 fully saturated rings. The van der Waals surface area contributed by atoms with Crippen molar-refractivity contribution in [3.63, 3.8) is 0 Å². The molecule has 0 radical (unpaired) electrons. The maximum Gasteiger partial charge on any atom is 0.356 e. The molecule has 0 bridgehead atoms. The Kier molecular flexibility index (Phi) is 3.84. The minimum absolute atomic E-state index is 0.0144. The zero-order valence-electron chi connectivity index (χ0n) is 13.5. The summed E-state index contributed by atoms with van der Waals surface area (Å²) in [5.41, 5.74) is 7.46. The average molecular weight is 325 g/mol. The summed E-state index contributed by atoms with van der Waals surface area (Å²) < 4.78 is 1.25. The molecule has 1 aromatic carbocycles. The number of rotatable bonds is 5. The second-order valence-electron chi connectivity index (χ2n) is 6.24. The molecule has 3 rings (SSSR count). The lowest BCUT2D eigenvalue weighted by Crippen LogP contribution is -2.28. The lowest BCUT2D eigenvalue weighted by molar-refractivity contribution is 0.0688. The number of pyridine rings is 1. The predicted molar refractivity (Wildman–Crippen MR) is 92.3 cm³/mol. The van der Waals surface area contributed by atoms with Gasteiger partial charge < -0.3 is 16.2 Å². The molecule has 0 atom stereocenters. The van der Waals surface area contributed by atoms with Crippen molar-refractivity contribution in [1.82, 2.24) is 14.6 Å². The van der Waals surface area contributed by atoms with Crippen LogP contribution in [0.15, 0.2) is 42.5 Å². The van der Waals surface area contributed by atoms with Gasteiger partial charge in [0.1, 0.15) is 0 Å². The molecule has 7 heteroatoms. The number of aromatic carboxylic acids is 1. The highest BCUT2D eigenvalue weighted by Gasteiger charge is 2.23. The smallest absolute Gasteiger partial charge is 0.356 e. The molecular formula is C17H19N5O2. The second kappa shape index (κ2) is 5.84. The Bertz CT molecular complexity index is 887. The summed E-state index contributed by atoms with van der Waals surface area (Å²) >= 11 is 0. The van der Waals surface area contributed by atoms with Gasteiger partial charge in [0.2, 0.25) is 5.95 Å². The van der Waals surface area contributed by atoms with Crippen LogP contribution in [0, 0.1) is 0 Å². The first-order valence-corrected chi connectivity index (χ1v) is 7.56. The molecule has 124 valence electrons. The van der Waals surface area contributed by atoms with Crippen LogP contribution in [0.4, 0.5) is 11.6 Å². The fourth-order valence-electron chi connectivity index (χ4n) is 2.62. The van der Waals surface area contributed by atoms with E-state index in [0.29, 0.717) is 17.9 Å². The van der Waals surface area contributed by atoms with Crippen molar-refractivity contribution in [2.24, 2.45) is 0 Å². The summed E-state index contributed by atoms with van der Waals surface area (Å²) in [5, 5.41) is 16.7. The number of carbonyl (C=O) groups is 1. The first-order chi connectivity index (χ1) is 11.4. The molecule has 0 aliphatic rings. The highest BCUT2D eigenvalue weighted by atomic mass is 16.4. The van der Waals surface area contributed by atoms with E-state index in [0.717, 1.165) is 0 Å². The van der Waals surface area contributed by atoms with E-state index in [-0.39, 0.29) is 17.1 Å². The van der Waals surface area contributed by atoms with Gasteiger partial charge in [-0.2, -0.15) is 4.98 Å². The van der Waals surface area contributed by atoms with Gasteiger partial charge >= 0.3 is 5.97 Å². The average Bonchev–Trinajstić information content (AvgIpc) is 2.93. The number of anilines is 2. The molecular weight excluding hydrogens is 306 g/mol. The summed E-state index contributed by atoms with van der Waals surface area (Å²) in [6, 6.07) is 13.4. The van der Waals surface area contributed by atoms with Gasteiger partial charge in [-0.05, 0) is 17.7 Å². The molecule has 2 heterocycles. The van der Waals surface area contributed by atoms with E-state index in [1.54, 1.807) is 12.1 Å². The fourth-order valence-corrected chi connectivity index (χ4v) is 2.62. The molecule has 7 nitrogen and oxygen atoms in total. The standard InChI is InChI=1S/C17H19N5O2/c1-17(2,11-6-4-3-5-7-11)10-19-12-8-9-13-20-16(18)21-22(13)14(12)15(23)24/h3-9,19H,10H2,1-2H3,(H2,18,21)(H,23,24). The van der Waals surface area contributed by atoms with Crippen LogP contribution in [0.25, 0.3) is 5.65 Å². The predicted octanol–water partition coefficient (Wildman–Crippen LogP) is 2.40. The molecule has 0 saturated carbocycles. The maximum absolute atomic E-state index is 11.7. The molecule has 24 heavy (non-hydrogen) atoms. The Morgan fingerprint density at radius 2 is 1.96 bits per heavy atom. The van der Waals surface area contributed by atoms with E-state index in [2.05, 4.69) is 41.4 Å². The molecule has 0 unspecified atom stereocenters. The quantitative estimate of drug-likeness (QED) is 0.665. The minimum atomic E-state index is -1.09. The van der Waals surface area contributed by atoms with Gasteiger partial charge in [-0.1, -0.05) is 44.2 Å². The van der Waals surface area contributed by atoms with Crippen LogP contribution in [0.1, 0.15) is 29.9 Å². The number of hydrogen-bond acceptors (Lipinski definition) is 5. The van der Waals surface area contributed by atoms with Crippen molar-refractivity contribution in [3.05, 3.63) is 53.7 Å².